The molecule has 136 valence electrons. The minimum Gasteiger partial charge on any atom is -0.339 e. The van der Waals surface area contributed by atoms with Gasteiger partial charge in [-0.05, 0) is 36.4 Å². The van der Waals surface area contributed by atoms with Crippen molar-refractivity contribution in [2.45, 2.75) is 23.7 Å². The molecule has 0 radical (unpaired) electrons. The Bertz CT molecular complexity index is 1000. The second-order valence-electron chi connectivity index (χ2n) is 6.07. The first-order valence-electron chi connectivity index (χ1n) is 8.18. The fourth-order valence-electron chi connectivity index (χ4n) is 3.06. The molecule has 1 fully saturated rings. The van der Waals surface area contributed by atoms with Crippen LogP contribution in [0.25, 0.3) is 10.7 Å². The summed E-state index contributed by atoms with van der Waals surface area (Å²) in [6.07, 6.45) is 1.53. The normalized spacial score (nSPS) is 18.9. The Morgan fingerprint density at radius 2 is 2.08 bits per heavy atom. The van der Waals surface area contributed by atoms with Gasteiger partial charge >= 0.3 is 0 Å². The van der Waals surface area contributed by atoms with Crippen molar-refractivity contribution in [3.05, 3.63) is 52.7 Å². The van der Waals surface area contributed by atoms with Gasteiger partial charge in [0.25, 0.3) is 0 Å². The van der Waals surface area contributed by atoms with E-state index >= 15 is 0 Å². The van der Waals surface area contributed by atoms with Crippen LogP contribution in [0.15, 0.2) is 51.2 Å². The maximum atomic E-state index is 13.0. The highest BCUT2D eigenvalue weighted by Gasteiger charge is 2.34. The highest BCUT2D eigenvalue weighted by atomic mass is 35.5. The first-order valence-corrected chi connectivity index (χ1v) is 10.9. The van der Waals surface area contributed by atoms with Crippen LogP contribution in [0.3, 0.4) is 0 Å². The highest BCUT2D eigenvalue weighted by molar-refractivity contribution is 7.89. The summed E-state index contributed by atoms with van der Waals surface area (Å²) >= 11 is 7.63. The summed E-state index contributed by atoms with van der Waals surface area (Å²) in [5.74, 6) is 0.899. The average Bonchev–Trinajstić information content (AvgIpc) is 3.33. The minimum absolute atomic E-state index is 0.123. The Morgan fingerprint density at radius 3 is 2.85 bits per heavy atom. The van der Waals surface area contributed by atoms with E-state index in [1.54, 1.807) is 18.2 Å². The summed E-state index contributed by atoms with van der Waals surface area (Å²) < 4.78 is 32.8. The van der Waals surface area contributed by atoms with Gasteiger partial charge < -0.3 is 4.52 Å². The van der Waals surface area contributed by atoms with E-state index < -0.39 is 10.0 Å². The molecule has 6 nitrogen and oxygen atoms in total. The summed E-state index contributed by atoms with van der Waals surface area (Å²) in [6, 6.07) is 10.4. The van der Waals surface area contributed by atoms with Crippen LogP contribution in [0.1, 0.15) is 24.7 Å². The molecule has 0 saturated carbocycles. The van der Waals surface area contributed by atoms with Crippen molar-refractivity contribution in [2.75, 3.05) is 13.1 Å². The molecule has 1 saturated heterocycles. The fourth-order valence-corrected chi connectivity index (χ4v) is 5.73. The molecule has 4 rings (SSSR count). The van der Waals surface area contributed by atoms with Crippen LogP contribution in [0.5, 0.6) is 0 Å². The zero-order valence-corrected chi connectivity index (χ0v) is 16.1. The fraction of sp³-hybridized carbons (Fsp3) is 0.294. The van der Waals surface area contributed by atoms with Crippen molar-refractivity contribution in [1.29, 1.82) is 0 Å². The van der Waals surface area contributed by atoms with E-state index in [1.807, 2.05) is 17.5 Å². The molecule has 0 N–H and O–H groups in total. The van der Waals surface area contributed by atoms with E-state index in [-0.39, 0.29) is 15.8 Å². The van der Waals surface area contributed by atoms with E-state index in [2.05, 4.69) is 10.1 Å². The van der Waals surface area contributed by atoms with E-state index in [0.717, 1.165) is 17.7 Å². The first-order chi connectivity index (χ1) is 12.6. The van der Waals surface area contributed by atoms with Crippen molar-refractivity contribution in [2.24, 2.45) is 0 Å². The number of aromatic nitrogens is 2. The van der Waals surface area contributed by atoms with E-state index in [9.17, 15) is 8.42 Å². The van der Waals surface area contributed by atoms with Crippen molar-refractivity contribution >= 4 is 33.0 Å². The quantitative estimate of drug-likeness (QED) is 0.650. The topological polar surface area (TPSA) is 76.3 Å². The third-order valence-corrected chi connectivity index (χ3v) is 7.60. The van der Waals surface area contributed by atoms with Crippen LogP contribution >= 0.6 is 22.9 Å². The second-order valence-corrected chi connectivity index (χ2v) is 9.33. The van der Waals surface area contributed by atoms with Crippen molar-refractivity contribution in [1.82, 2.24) is 14.4 Å². The van der Waals surface area contributed by atoms with Gasteiger partial charge in [0.1, 0.15) is 4.90 Å². The molecule has 0 spiro atoms. The summed E-state index contributed by atoms with van der Waals surface area (Å²) in [5, 5.41) is 6.21. The Hall–Kier alpha value is -1.74. The lowest BCUT2D eigenvalue weighted by atomic mass is 10.00. The summed E-state index contributed by atoms with van der Waals surface area (Å²) in [6.45, 7) is 0.760. The van der Waals surface area contributed by atoms with Crippen molar-refractivity contribution in [3.8, 4) is 10.7 Å². The predicted octanol–water partition coefficient (Wildman–Crippen LogP) is 4.02. The second kappa shape index (κ2) is 7.11. The van der Waals surface area contributed by atoms with Gasteiger partial charge in [0.05, 0.1) is 15.8 Å². The Morgan fingerprint density at radius 1 is 1.23 bits per heavy atom. The number of sulfonamides is 1. The minimum atomic E-state index is -3.66. The van der Waals surface area contributed by atoms with Crippen LogP contribution in [0, 0.1) is 0 Å². The smallest absolute Gasteiger partial charge is 0.244 e. The molecule has 3 aromatic rings. The molecule has 1 atom stereocenters. The number of thiophene rings is 1. The zero-order chi connectivity index (χ0) is 18.1. The average molecular weight is 410 g/mol. The maximum Gasteiger partial charge on any atom is 0.244 e. The number of rotatable bonds is 4. The lowest BCUT2D eigenvalue weighted by molar-refractivity contribution is 0.265. The van der Waals surface area contributed by atoms with Crippen molar-refractivity contribution < 1.29 is 12.9 Å². The third-order valence-electron chi connectivity index (χ3n) is 4.37. The molecule has 3 heterocycles. The van der Waals surface area contributed by atoms with Crippen LogP contribution in [-0.4, -0.2) is 36.0 Å². The zero-order valence-electron chi connectivity index (χ0n) is 13.7. The molecular weight excluding hydrogens is 394 g/mol. The van der Waals surface area contributed by atoms with Gasteiger partial charge in [0.15, 0.2) is 0 Å². The number of halogens is 1. The number of piperidine rings is 1. The van der Waals surface area contributed by atoms with Gasteiger partial charge in [-0.15, -0.1) is 11.3 Å². The van der Waals surface area contributed by atoms with Crippen LogP contribution in [0.4, 0.5) is 0 Å². The molecule has 1 aromatic carbocycles. The SMILES string of the molecule is O=S(=O)(c1ccccc1Cl)N1CCC[C@@H](c2nc(-c3cccs3)no2)C1. The molecule has 0 amide bonds. The van der Waals surface area contributed by atoms with Gasteiger partial charge in [-0.1, -0.05) is 35.0 Å². The van der Waals surface area contributed by atoms with Crippen LogP contribution in [0.2, 0.25) is 5.02 Å². The molecule has 9 heteroatoms. The summed E-state index contributed by atoms with van der Waals surface area (Å²) in [7, 11) is -3.66. The molecule has 0 aliphatic carbocycles. The molecule has 1 aliphatic rings. The summed E-state index contributed by atoms with van der Waals surface area (Å²) in [5.41, 5.74) is 0. The molecule has 0 bridgehead atoms. The van der Waals surface area contributed by atoms with E-state index in [1.165, 1.54) is 21.7 Å². The molecule has 2 aromatic heterocycles. The largest absolute Gasteiger partial charge is 0.339 e. The third kappa shape index (κ3) is 3.29. The molecule has 0 unspecified atom stereocenters. The lowest BCUT2D eigenvalue weighted by Gasteiger charge is -2.30. The van der Waals surface area contributed by atoms with Gasteiger partial charge in [0.2, 0.25) is 21.7 Å². The van der Waals surface area contributed by atoms with E-state index in [4.69, 9.17) is 16.1 Å². The van der Waals surface area contributed by atoms with Crippen molar-refractivity contribution in [3.63, 3.8) is 0 Å². The van der Waals surface area contributed by atoms with Gasteiger partial charge in [-0.2, -0.15) is 9.29 Å². The Labute approximate surface area is 160 Å². The highest BCUT2D eigenvalue weighted by Crippen LogP contribution is 2.32. The van der Waals surface area contributed by atoms with Crippen LogP contribution < -0.4 is 0 Å². The number of nitrogens with zero attached hydrogens (tertiary/aromatic N) is 3. The van der Waals surface area contributed by atoms with Gasteiger partial charge in [-0.25, -0.2) is 8.42 Å². The molecular formula is C17H16ClN3O3S2. The predicted molar refractivity (Wildman–Crippen MR) is 99.8 cm³/mol. The lowest BCUT2D eigenvalue weighted by Crippen LogP contribution is -2.39. The van der Waals surface area contributed by atoms with Crippen LogP contribution in [-0.2, 0) is 10.0 Å². The van der Waals surface area contributed by atoms with Gasteiger partial charge in [0, 0.05) is 13.1 Å². The number of hydrogen-bond acceptors (Lipinski definition) is 6. The Kier molecular flexibility index (Phi) is 4.83. The summed E-state index contributed by atoms with van der Waals surface area (Å²) in [4.78, 5) is 5.53. The Balaban J connectivity index is 1.57. The maximum absolute atomic E-state index is 13.0. The first kappa shape index (κ1) is 17.7. The van der Waals surface area contributed by atoms with Gasteiger partial charge in [-0.3, -0.25) is 0 Å². The standard InChI is InChI=1S/C17H16ClN3O3S2/c18-13-6-1-2-8-15(13)26(22,23)21-9-3-5-12(11-21)17-19-16(20-24-17)14-7-4-10-25-14/h1-2,4,6-8,10,12H,3,5,9,11H2/t12-/m1/s1. The molecule has 26 heavy (non-hydrogen) atoms. The monoisotopic (exact) mass is 409 g/mol. The number of benzene rings is 1. The molecule has 1 aliphatic heterocycles. The van der Waals surface area contributed by atoms with E-state index in [0.29, 0.717) is 24.8 Å². The number of hydrogen-bond donors (Lipinski definition) is 0.